The van der Waals surface area contributed by atoms with Crippen LogP contribution in [0, 0.1) is 0 Å². The van der Waals surface area contributed by atoms with E-state index in [9.17, 15) is 14.4 Å². The summed E-state index contributed by atoms with van der Waals surface area (Å²) in [5.74, 6) is 4.49. The van der Waals surface area contributed by atoms with Crippen molar-refractivity contribution in [1.29, 1.82) is 0 Å². The maximum absolute atomic E-state index is 14.0. The van der Waals surface area contributed by atoms with E-state index in [2.05, 4.69) is 98.2 Å². The van der Waals surface area contributed by atoms with Gasteiger partial charge in [0.1, 0.15) is 0 Å². The second kappa shape index (κ2) is 16.2. The predicted octanol–water partition coefficient (Wildman–Crippen LogP) is 9.69. The summed E-state index contributed by atoms with van der Waals surface area (Å²) in [6.45, 7) is 11.9. The monoisotopic (exact) mass is 792 g/mol. The summed E-state index contributed by atoms with van der Waals surface area (Å²) in [6.07, 6.45) is 1.34. The van der Waals surface area contributed by atoms with Crippen LogP contribution < -0.4 is 0 Å². The van der Waals surface area contributed by atoms with Crippen LogP contribution in [-0.4, -0.2) is 87.4 Å². The number of hydrogen-bond donors (Lipinski definition) is 0. The number of nitrogens with zero attached hydrogens (tertiary/aromatic N) is 2. The van der Waals surface area contributed by atoms with Gasteiger partial charge in [0.2, 0.25) is 0 Å². The van der Waals surface area contributed by atoms with Crippen LogP contribution in [0.5, 0.6) is 0 Å². The molecule has 292 valence electrons. The number of hydrogen-bond acceptors (Lipinski definition) is 7. The molecule has 0 bridgehead atoms. The second-order valence-corrected chi connectivity index (χ2v) is 19.3. The molecule has 57 heavy (non-hydrogen) atoms. The van der Waals surface area contributed by atoms with E-state index in [4.69, 9.17) is 0 Å². The zero-order chi connectivity index (χ0) is 39.8. The highest BCUT2D eigenvalue weighted by Crippen LogP contribution is 2.53. The molecule has 0 spiro atoms. The van der Waals surface area contributed by atoms with E-state index in [0.717, 1.165) is 82.6 Å². The summed E-state index contributed by atoms with van der Waals surface area (Å²) in [5, 5.41) is 0. The number of carbonyl (C=O) groups excluding carboxylic acids is 3. The molecule has 2 aliphatic heterocycles. The van der Waals surface area contributed by atoms with Crippen molar-refractivity contribution in [3.63, 3.8) is 0 Å². The summed E-state index contributed by atoms with van der Waals surface area (Å²) in [4.78, 5) is 46.6. The molecular formula is C50H52N2O3S2. The molecule has 5 aromatic carbocycles. The van der Waals surface area contributed by atoms with Gasteiger partial charge in [-0.25, -0.2) is 0 Å². The van der Waals surface area contributed by atoms with Crippen molar-refractivity contribution >= 4 is 40.9 Å². The van der Waals surface area contributed by atoms with Crippen molar-refractivity contribution in [3.8, 4) is 11.1 Å². The fraction of sp³-hybridized carbons (Fsp3) is 0.340. The van der Waals surface area contributed by atoms with Gasteiger partial charge >= 0.3 is 0 Å². The predicted molar refractivity (Wildman–Crippen MR) is 237 cm³/mol. The molecule has 5 aromatic rings. The summed E-state index contributed by atoms with van der Waals surface area (Å²) in [6, 6.07) is 40.9. The van der Waals surface area contributed by atoms with Gasteiger partial charge in [0, 0.05) is 76.9 Å². The van der Waals surface area contributed by atoms with Crippen molar-refractivity contribution in [2.75, 3.05) is 49.2 Å². The SMILES string of the molecule is CC(C)(C(=O)c1ccc(CC2(Cc3ccc(C(=O)C(C)(C)N4CCSCC4)cc3)c3ccccc3-c3ccc(C(=O)c4ccccc4)cc32)cc1)N1CCSCC1. The smallest absolute Gasteiger partial charge is 0.193 e. The first-order chi connectivity index (χ1) is 27.5. The fourth-order valence-corrected chi connectivity index (χ4v) is 11.1. The zero-order valence-electron chi connectivity index (χ0n) is 33.6. The van der Waals surface area contributed by atoms with Gasteiger partial charge in [-0.05, 0) is 80.0 Å². The lowest BCUT2D eigenvalue weighted by atomic mass is 9.69. The fourth-order valence-electron chi connectivity index (χ4n) is 9.28. The maximum Gasteiger partial charge on any atom is 0.193 e. The molecule has 2 fully saturated rings. The van der Waals surface area contributed by atoms with E-state index in [1.165, 1.54) is 11.1 Å². The van der Waals surface area contributed by atoms with Gasteiger partial charge in [0.05, 0.1) is 11.1 Å². The van der Waals surface area contributed by atoms with Gasteiger partial charge in [0.15, 0.2) is 17.3 Å². The Kier molecular flexibility index (Phi) is 11.2. The van der Waals surface area contributed by atoms with Crippen molar-refractivity contribution in [2.45, 2.75) is 57.0 Å². The van der Waals surface area contributed by atoms with Crippen molar-refractivity contribution in [2.24, 2.45) is 0 Å². The molecule has 7 heteroatoms. The Hall–Kier alpha value is -4.27. The lowest BCUT2D eigenvalue weighted by Gasteiger charge is -2.39. The van der Waals surface area contributed by atoms with Crippen LogP contribution in [0.1, 0.15) is 86.6 Å². The van der Waals surface area contributed by atoms with Crippen LogP contribution in [-0.2, 0) is 18.3 Å². The Morgan fingerprint density at radius 3 is 1.46 bits per heavy atom. The zero-order valence-corrected chi connectivity index (χ0v) is 35.2. The first-order valence-electron chi connectivity index (χ1n) is 20.3. The third-order valence-corrected chi connectivity index (χ3v) is 14.6. The van der Waals surface area contributed by atoms with Crippen molar-refractivity contribution < 1.29 is 14.4 Å². The molecular weight excluding hydrogens is 741 g/mol. The van der Waals surface area contributed by atoms with Crippen LogP contribution in [0.25, 0.3) is 11.1 Å². The molecule has 0 aromatic heterocycles. The Labute approximate surface area is 346 Å². The normalized spacial score (nSPS) is 17.1. The number of fused-ring (bicyclic) bond motifs is 3. The highest BCUT2D eigenvalue weighted by Gasteiger charge is 2.44. The van der Waals surface area contributed by atoms with Crippen LogP contribution in [0.3, 0.4) is 0 Å². The number of rotatable bonds is 12. The third kappa shape index (κ3) is 7.60. The quantitative estimate of drug-likeness (QED) is 0.117. The molecule has 2 saturated heterocycles. The summed E-state index contributed by atoms with van der Waals surface area (Å²) >= 11 is 3.90. The Bertz CT molecular complexity index is 2180. The summed E-state index contributed by atoms with van der Waals surface area (Å²) in [5.41, 5.74) is 7.99. The topological polar surface area (TPSA) is 57.7 Å². The molecule has 1 aliphatic carbocycles. The van der Waals surface area contributed by atoms with E-state index >= 15 is 0 Å². The Morgan fingerprint density at radius 1 is 0.509 bits per heavy atom. The van der Waals surface area contributed by atoms with E-state index in [0.29, 0.717) is 24.0 Å². The van der Waals surface area contributed by atoms with Gasteiger partial charge < -0.3 is 0 Å². The van der Waals surface area contributed by atoms with Crippen LogP contribution in [0.2, 0.25) is 0 Å². The van der Waals surface area contributed by atoms with Crippen LogP contribution in [0.4, 0.5) is 0 Å². The van der Waals surface area contributed by atoms with Crippen LogP contribution >= 0.6 is 23.5 Å². The maximum atomic E-state index is 14.0. The van der Waals surface area contributed by atoms with Gasteiger partial charge in [-0.15, -0.1) is 0 Å². The molecule has 0 N–H and O–H groups in total. The number of ketones is 3. The van der Waals surface area contributed by atoms with Gasteiger partial charge in [-0.1, -0.05) is 115 Å². The highest BCUT2D eigenvalue weighted by molar-refractivity contribution is 7.99. The number of benzene rings is 5. The number of Topliss-reactive ketones (excluding diaryl/α,β-unsaturated/α-hetero) is 2. The third-order valence-electron chi connectivity index (χ3n) is 12.7. The Balaban J connectivity index is 1.18. The van der Waals surface area contributed by atoms with Crippen LogP contribution in [0.15, 0.2) is 121 Å². The molecule has 0 atom stereocenters. The minimum Gasteiger partial charge on any atom is -0.292 e. The molecule has 8 rings (SSSR count). The van der Waals surface area contributed by atoms with Gasteiger partial charge in [-0.2, -0.15) is 23.5 Å². The first-order valence-corrected chi connectivity index (χ1v) is 22.6. The average Bonchev–Trinajstić information content (AvgIpc) is 3.52. The lowest BCUT2D eigenvalue weighted by Crippen LogP contribution is -2.53. The summed E-state index contributed by atoms with van der Waals surface area (Å²) in [7, 11) is 0. The largest absolute Gasteiger partial charge is 0.292 e. The van der Waals surface area contributed by atoms with E-state index in [1.807, 2.05) is 84.2 Å². The number of carbonyl (C=O) groups is 3. The second-order valence-electron chi connectivity index (χ2n) is 16.8. The first kappa shape index (κ1) is 39.6. The van der Waals surface area contributed by atoms with Gasteiger partial charge in [-0.3, -0.25) is 24.2 Å². The summed E-state index contributed by atoms with van der Waals surface area (Å²) < 4.78 is 0. The highest BCUT2D eigenvalue weighted by atomic mass is 32.2. The van der Waals surface area contributed by atoms with E-state index < -0.39 is 16.5 Å². The lowest BCUT2D eigenvalue weighted by molar-refractivity contribution is 0.0664. The van der Waals surface area contributed by atoms with Gasteiger partial charge in [0.25, 0.3) is 0 Å². The molecule has 0 unspecified atom stereocenters. The molecule has 2 heterocycles. The Morgan fingerprint density at radius 2 is 0.947 bits per heavy atom. The molecule has 0 radical (unpaired) electrons. The minimum absolute atomic E-state index is 0.00110. The molecule has 3 aliphatic rings. The van der Waals surface area contributed by atoms with E-state index in [1.54, 1.807) is 0 Å². The van der Waals surface area contributed by atoms with E-state index in [-0.39, 0.29) is 17.3 Å². The standard InChI is InChI=1S/C50H52N2O3S2/c1-48(2,51-24-28-56-29-25-51)46(54)38-18-14-35(15-19-38)33-50(34-36-16-20-39(21-17-36)47(55)49(3,4)52-26-30-57-31-27-52)43-13-9-8-12-41(43)42-23-22-40(32-44(42)50)45(53)37-10-6-5-7-11-37/h5-23,32H,24-31,33-34H2,1-4H3. The average molecular weight is 793 g/mol. The molecule has 5 nitrogen and oxygen atoms in total. The molecule has 0 saturated carbocycles. The van der Waals surface area contributed by atoms with Crippen molar-refractivity contribution in [1.82, 2.24) is 9.80 Å². The van der Waals surface area contributed by atoms with Crippen molar-refractivity contribution in [3.05, 3.63) is 166 Å². The number of thioether (sulfide) groups is 2. The minimum atomic E-state index is -0.579. The molecule has 0 amide bonds.